The third-order valence-electron chi connectivity index (χ3n) is 4.43. The summed E-state index contributed by atoms with van der Waals surface area (Å²) in [7, 11) is -3.87. The van der Waals surface area contributed by atoms with Crippen LogP contribution in [0.4, 0.5) is 8.78 Å². The molecule has 148 valence electrons. The van der Waals surface area contributed by atoms with Crippen molar-refractivity contribution >= 4 is 33.2 Å². The molecule has 3 rings (SSSR count). The number of hydrogen-bond donors (Lipinski definition) is 0. The van der Waals surface area contributed by atoms with Gasteiger partial charge in [0, 0.05) is 42.8 Å². The van der Waals surface area contributed by atoms with Crippen molar-refractivity contribution in [2.75, 3.05) is 26.2 Å². The molecule has 0 bridgehead atoms. The number of sulfonamides is 1. The second kappa shape index (κ2) is 8.00. The number of piperazine rings is 1. The van der Waals surface area contributed by atoms with Crippen molar-refractivity contribution in [3.63, 3.8) is 0 Å². The zero-order chi connectivity index (χ0) is 19.8. The Labute approximate surface area is 166 Å². The smallest absolute Gasteiger partial charge is 0.296 e. The standard InChI is InChI=1S/C16H18Cl2F2N4O2S/c1-11-15(10-24(21-11)16(19)20)27(25,26)23-6-4-22(5-7-23)9-12-2-3-13(17)8-14(12)18/h2-3,8,10,16H,4-7,9H2,1H3. The van der Waals surface area contributed by atoms with E-state index in [4.69, 9.17) is 23.2 Å². The van der Waals surface area contributed by atoms with E-state index in [1.807, 2.05) is 6.07 Å². The Bertz CT molecular complexity index is 928. The average molecular weight is 439 g/mol. The maximum Gasteiger partial charge on any atom is 0.333 e. The second-order valence-corrected chi connectivity index (χ2v) is 9.00. The first-order valence-electron chi connectivity index (χ1n) is 8.19. The van der Waals surface area contributed by atoms with Gasteiger partial charge in [0.05, 0.1) is 11.9 Å². The fourth-order valence-corrected chi connectivity index (χ4v) is 5.02. The first kappa shape index (κ1) is 20.5. The number of hydrogen-bond acceptors (Lipinski definition) is 4. The minimum atomic E-state index is -3.87. The summed E-state index contributed by atoms with van der Waals surface area (Å²) in [6, 6.07) is 5.27. The molecule has 0 atom stereocenters. The van der Waals surface area contributed by atoms with E-state index in [-0.39, 0.29) is 23.7 Å². The molecule has 2 aromatic rings. The molecule has 1 saturated heterocycles. The molecule has 0 N–H and O–H groups in total. The molecule has 27 heavy (non-hydrogen) atoms. The summed E-state index contributed by atoms with van der Waals surface area (Å²) < 4.78 is 52.8. The molecule has 0 radical (unpaired) electrons. The highest BCUT2D eigenvalue weighted by Crippen LogP contribution is 2.25. The van der Waals surface area contributed by atoms with Crippen molar-refractivity contribution in [3.05, 3.63) is 45.7 Å². The Morgan fingerprint density at radius 3 is 2.41 bits per heavy atom. The summed E-state index contributed by atoms with van der Waals surface area (Å²) in [5, 5.41) is 4.70. The molecule has 0 amide bonds. The van der Waals surface area contributed by atoms with Gasteiger partial charge in [0.15, 0.2) is 0 Å². The number of aromatic nitrogens is 2. The minimum absolute atomic E-state index is 0.0608. The highest BCUT2D eigenvalue weighted by Gasteiger charge is 2.32. The van der Waals surface area contributed by atoms with Crippen molar-refractivity contribution < 1.29 is 17.2 Å². The number of alkyl halides is 2. The van der Waals surface area contributed by atoms with Crippen LogP contribution in [0.15, 0.2) is 29.3 Å². The van der Waals surface area contributed by atoms with Gasteiger partial charge in [-0.1, -0.05) is 29.3 Å². The Morgan fingerprint density at radius 1 is 1.19 bits per heavy atom. The topological polar surface area (TPSA) is 58.4 Å². The Kier molecular flexibility index (Phi) is 6.07. The minimum Gasteiger partial charge on any atom is -0.296 e. The van der Waals surface area contributed by atoms with E-state index in [1.54, 1.807) is 12.1 Å². The monoisotopic (exact) mass is 438 g/mol. The van der Waals surface area contributed by atoms with Gasteiger partial charge in [0.1, 0.15) is 4.90 Å². The normalized spacial score (nSPS) is 17.0. The largest absolute Gasteiger partial charge is 0.333 e. The molecule has 1 fully saturated rings. The maximum absolute atomic E-state index is 12.8. The fraction of sp³-hybridized carbons (Fsp3) is 0.438. The van der Waals surface area contributed by atoms with Crippen molar-refractivity contribution in [2.45, 2.75) is 24.9 Å². The molecule has 2 heterocycles. The molecule has 0 saturated carbocycles. The third-order valence-corrected chi connectivity index (χ3v) is 7.02. The molecular weight excluding hydrogens is 421 g/mol. The summed E-state index contributed by atoms with van der Waals surface area (Å²) in [4.78, 5) is 1.90. The van der Waals surface area contributed by atoms with Crippen molar-refractivity contribution in [1.82, 2.24) is 19.0 Å². The van der Waals surface area contributed by atoms with Crippen molar-refractivity contribution in [3.8, 4) is 0 Å². The molecule has 0 spiro atoms. The first-order valence-corrected chi connectivity index (χ1v) is 10.4. The van der Waals surface area contributed by atoms with Gasteiger partial charge in [-0.15, -0.1) is 0 Å². The predicted molar refractivity (Wildman–Crippen MR) is 98.7 cm³/mol. The van der Waals surface area contributed by atoms with Gasteiger partial charge in [-0.3, -0.25) is 4.90 Å². The zero-order valence-corrected chi connectivity index (χ0v) is 16.8. The Balaban J connectivity index is 1.67. The lowest BCUT2D eigenvalue weighted by Crippen LogP contribution is -2.48. The van der Waals surface area contributed by atoms with E-state index in [2.05, 4.69) is 10.00 Å². The Hall–Kier alpha value is -1.26. The summed E-state index contributed by atoms with van der Waals surface area (Å²) in [6.07, 6.45) is 0.884. The van der Waals surface area contributed by atoms with Crippen LogP contribution in [-0.4, -0.2) is 53.6 Å². The maximum atomic E-state index is 12.8. The van der Waals surface area contributed by atoms with Crippen LogP contribution in [-0.2, 0) is 16.6 Å². The van der Waals surface area contributed by atoms with Crippen LogP contribution in [0, 0.1) is 6.92 Å². The highest BCUT2D eigenvalue weighted by molar-refractivity contribution is 7.89. The summed E-state index contributed by atoms with van der Waals surface area (Å²) in [5.74, 6) is 0. The second-order valence-electron chi connectivity index (χ2n) is 6.25. The van der Waals surface area contributed by atoms with E-state index in [0.29, 0.717) is 34.4 Å². The van der Waals surface area contributed by atoms with Gasteiger partial charge in [0.2, 0.25) is 10.0 Å². The van der Waals surface area contributed by atoms with E-state index in [9.17, 15) is 17.2 Å². The molecule has 0 unspecified atom stereocenters. The lowest BCUT2D eigenvalue weighted by Gasteiger charge is -2.34. The van der Waals surface area contributed by atoms with Crippen LogP contribution in [0.25, 0.3) is 0 Å². The number of benzene rings is 1. The first-order chi connectivity index (χ1) is 12.7. The van der Waals surface area contributed by atoms with Crippen LogP contribution in [0.3, 0.4) is 0 Å². The van der Waals surface area contributed by atoms with Crippen LogP contribution in [0.2, 0.25) is 10.0 Å². The molecule has 6 nitrogen and oxygen atoms in total. The lowest BCUT2D eigenvalue weighted by molar-refractivity contribution is 0.0561. The van der Waals surface area contributed by atoms with Crippen molar-refractivity contribution in [2.24, 2.45) is 0 Å². The highest BCUT2D eigenvalue weighted by atomic mass is 35.5. The van der Waals surface area contributed by atoms with E-state index in [0.717, 1.165) is 11.8 Å². The summed E-state index contributed by atoms with van der Waals surface area (Å²) in [6.45, 7) is 0.616. The third kappa shape index (κ3) is 4.43. The number of nitrogens with zero attached hydrogens (tertiary/aromatic N) is 4. The fourth-order valence-electron chi connectivity index (χ4n) is 2.98. The van der Waals surface area contributed by atoms with Crippen LogP contribution < -0.4 is 0 Å². The van der Waals surface area contributed by atoms with E-state index < -0.39 is 16.6 Å². The molecule has 0 aliphatic carbocycles. The predicted octanol–water partition coefficient (Wildman–Crippen LogP) is 3.40. The van der Waals surface area contributed by atoms with E-state index >= 15 is 0 Å². The summed E-state index contributed by atoms with van der Waals surface area (Å²) in [5.41, 5.74) is 0.970. The Morgan fingerprint density at radius 2 is 1.85 bits per heavy atom. The van der Waals surface area contributed by atoms with Gasteiger partial charge in [-0.2, -0.15) is 18.2 Å². The molecular formula is C16H18Cl2F2N4O2S. The summed E-state index contributed by atoms with van der Waals surface area (Å²) >= 11 is 12.1. The van der Waals surface area contributed by atoms with Gasteiger partial charge >= 0.3 is 6.55 Å². The number of rotatable bonds is 5. The van der Waals surface area contributed by atoms with Gasteiger partial charge in [-0.25, -0.2) is 13.1 Å². The van der Waals surface area contributed by atoms with Crippen molar-refractivity contribution in [1.29, 1.82) is 0 Å². The number of aryl methyl sites for hydroxylation is 1. The van der Waals surface area contributed by atoms with Gasteiger partial charge in [0.25, 0.3) is 0 Å². The zero-order valence-electron chi connectivity index (χ0n) is 14.4. The van der Waals surface area contributed by atoms with Gasteiger partial charge in [-0.05, 0) is 24.6 Å². The molecule has 1 aliphatic rings. The van der Waals surface area contributed by atoms with Gasteiger partial charge < -0.3 is 0 Å². The molecule has 1 aromatic carbocycles. The van der Waals surface area contributed by atoms with Crippen LogP contribution >= 0.6 is 23.2 Å². The van der Waals surface area contributed by atoms with Crippen LogP contribution in [0.1, 0.15) is 17.8 Å². The average Bonchev–Trinajstić information content (AvgIpc) is 3.01. The lowest BCUT2D eigenvalue weighted by atomic mass is 10.2. The molecule has 1 aliphatic heterocycles. The SMILES string of the molecule is Cc1nn(C(F)F)cc1S(=O)(=O)N1CCN(Cc2ccc(Cl)cc2Cl)CC1. The number of halogens is 4. The van der Waals surface area contributed by atoms with Crippen LogP contribution in [0.5, 0.6) is 0 Å². The molecule has 1 aromatic heterocycles. The molecule has 11 heteroatoms. The quantitative estimate of drug-likeness (QED) is 0.717. The van der Waals surface area contributed by atoms with E-state index in [1.165, 1.54) is 11.2 Å².